The standard InChI is InChI=1S/C14H19N5/c15-13-9-5-4-8-12(13)14-16-17-18-19(14)10-11-6-2-1-3-7-11/h4-5,8-9,11H,1-3,6-7,10,15H2. The molecule has 0 atom stereocenters. The monoisotopic (exact) mass is 257 g/mol. The summed E-state index contributed by atoms with van der Waals surface area (Å²) in [6.07, 6.45) is 6.59. The average Bonchev–Trinajstić information content (AvgIpc) is 2.88. The minimum Gasteiger partial charge on any atom is -0.398 e. The highest BCUT2D eigenvalue weighted by Crippen LogP contribution is 2.27. The number of hydrogen-bond acceptors (Lipinski definition) is 4. The Hall–Kier alpha value is -1.91. The fourth-order valence-corrected chi connectivity index (χ4v) is 2.84. The van der Waals surface area contributed by atoms with E-state index in [9.17, 15) is 0 Å². The molecule has 2 N–H and O–H groups in total. The van der Waals surface area contributed by atoms with Gasteiger partial charge in [0, 0.05) is 17.8 Å². The van der Waals surface area contributed by atoms with Gasteiger partial charge in [0.25, 0.3) is 0 Å². The molecule has 19 heavy (non-hydrogen) atoms. The Morgan fingerprint density at radius 1 is 1.16 bits per heavy atom. The van der Waals surface area contributed by atoms with Crippen molar-refractivity contribution < 1.29 is 0 Å². The highest BCUT2D eigenvalue weighted by molar-refractivity contribution is 5.70. The van der Waals surface area contributed by atoms with E-state index < -0.39 is 0 Å². The van der Waals surface area contributed by atoms with Crippen molar-refractivity contribution in [1.82, 2.24) is 20.2 Å². The SMILES string of the molecule is Nc1ccccc1-c1nnnn1CC1CCCCC1. The Bertz CT molecular complexity index is 542. The van der Waals surface area contributed by atoms with Gasteiger partial charge >= 0.3 is 0 Å². The number of tetrazole rings is 1. The third kappa shape index (κ3) is 2.59. The number of hydrogen-bond donors (Lipinski definition) is 1. The maximum absolute atomic E-state index is 6.00. The molecule has 0 amide bonds. The molecule has 5 heteroatoms. The van der Waals surface area contributed by atoms with Crippen molar-refractivity contribution in [1.29, 1.82) is 0 Å². The molecule has 1 fully saturated rings. The largest absolute Gasteiger partial charge is 0.398 e. The Morgan fingerprint density at radius 2 is 1.95 bits per heavy atom. The van der Waals surface area contributed by atoms with E-state index in [1.165, 1.54) is 32.1 Å². The first-order valence-corrected chi connectivity index (χ1v) is 6.95. The second-order valence-electron chi connectivity index (χ2n) is 5.28. The summed E-state index contributed by atoms with van der Waals surface area (Å²) >= 11 is 0. The van der Waals surface area contributed by atoms with Gasteiger partial charge in [-0.15, -0.1) is 5.10 Å². The van der Waals surface area contributed by atoms with Gasteiger partial charge in [0.05, 0.1) is 0 Å². The number of anilines is 1. The number of nitrogens with zero attached hydrogens (tertiary/aromatic N) is 4. The average molecular weight is 257 g/mol. The first-order valence-electron chi connectivity index (χ1n) is 6.95. The number of rotatable bonds is 3. The number of aromatic nitrogens is 4. The van der Waals surface area contributed by atoms with E-state index >= 15 is 0 Å². The van der Waals surface area contributed by atoms with Gasteiger partial charge < -0.3 is 5.73 Å². The summed E-state index contributed by atoms with van der Waals surface area (Å²) < 4.78 is 1.90. The zero-order chi connectivity index (χ0) is 13.1. The molecule has 1 aliphatic carbocycles. The van der Waals surface area contributed by atoms with Crippen LogP contribution in [0.2, 0.25) is 0 Å². The highest BCUT2D eigenvalue weighted by Gasteiger charge is 2.18. The maximum Gasteiger partial charge on any atom is 0.184 e. The highest BCUT2D eigenvalue weighted by atomic mass is 15.5. The van der Waals surface area contributed by atoms with Crippen LogP contribution in [0.4, 0.5) is 5.69 Å². The van der Waals surface area contributed by atoms with Crippen molar-refractivity contribution in [3.8, 4) is 11.4 Å². The minimum absolute atomic E-state index is 0.695. The third-order valence-corrected chi connectivity index (χ3v) is 3.89. The van der Waals surface area contributed by atoms with Crippen LogP contribution in [0, 0.1) is 5.92 Å². The van der Waals surface area contributed by atoms with Crippen LogP contribution >= 0.6 is 0 Å². The lowest BCUT2D eigenvalue weighted by Crippen LogP contribution is -2.16. The topological polar surface area (TPSA) is 69.6 Å². The second kappa shape index (κ2) is 5.38. The van der Waals surface area contributed by atoms with Gasteiger partial charge in [-0.3, -0.25) is 0 Å². The van der Waals surface area contributed by atoms with Crippen molar-refractivity contribution in [2.75, 3.05) is 5.73 Å². The molecular weight excluding hydrogens is 238 g/mol. The summed E-state index contributed by atoms with van der Waals surface area (Å²) in [5.74, 6) is 1.48. The van der Waals surface area contributed by atoms with Gasteiger partial charge in [-0.1, -0.05) is 31.4 Å². The molecule has 1 saturated carbocycles. The molecule has 1 heterocycles. The molecular formula is C14H19N5. The summed E-state index contributed by atoms with van der Waals surface area (Å²) in [7, 11) is 0. The number of nitrogens with two attached hydrogens (primary N) is 1. The molecule has 0 unspecified atom stereocenters. The van der Waals surface area contributed by atoms with Crippen molar-refractivity contribution in [3.05, 3.63) is 24.3 Å². The van der Waals surface area contributed by atoms with Crippen molar-refractivity contribution in [2.24, 2.45) is 5.92 Å². The molecule has 0 spiro atoms. The normalized spacial score (nSPS) is 16.6. The molecule has 1 aromatic carbocycles. The van der Waals surface area contributed by atoms with Crippen molar-refractivity contribution in [3.63, 3.8) is 0 Å². The predicted molar refractivity (Wildman–Crippen MR) is 74.2 cm³/mol. The molecule has 2 aromatic rings. The van der Waals surface area contributed by atoms with Crippen LogP contribution in [0.3, 0.4) is 0 Å². The number of para-hydroxylation sites is 1. The van der Waals surface area contributed by atoms with E-state index in [4.69, 9.17) is 5.73 Å². The van der Waals surface area contributed by atoms with Crippen LogP contribution in [0.5, 0.6) is 0 Å². The quantitative estimate of drug-likeness (QED) is 0.858. The number of nitrogen functional groups attached to an aromatic ring is 1. The lowest BCUT2D eigenvalue weighted by Gasteiger charge is -2.21. The Kier molecular flexibility index (Phi) is 3.44. The summed E-state index contributed by atoms with van der Waals surface area (Å²) in [6.45, 7) is 0.899. The molecule has 1 aromatic heterocycles. The molecule has 0 bridgehead atoms. The van der Waals surface area contributed by atoms with Gasteiger partial charge in [-0.25, -0.2) is 4.68 Å². The summed E-state index contributed by atoms with van der Waals surface area (Å²) in [6, 6.07) is 7.74. The molecule has 3 rings (SSSR count). The van der Waals surface area contributed by atoms with Gasteiger partial charge in [-0.2, -0.15) is 0 Å². The van der Waals surface area contributed by atoms with E-state index in [1.807, 2.05) is 28.9 Å². The fourth-order valence-electron chi connectivity index (χ4n) is 2.84. The van der Waals surface area contributed by atoms with Crippen LogP contribution in [0.1, 0.15) is 32.1 Å². The van der Waals surface area contributed by atoms with Crippen LogP contribution in [-0.4, -0.2) is 20.2 Å². The lowest BCUT2D eigenvalue weighted by atomic mass is 9.89. The predicted octanol–water partition coefficient (Wildman–Crippen LogP) is 2.50. The van der Waals surface area contributed by atoms with Crippen LogP contribution < -0.4 is 5.73 Å². The molecule has 5 nitrogen and oxygen atoms in total. The molecule has 0 saturated heterocycles. The zero-order valence-corrected chi connectivity index (χ0v) is 11.0. The second-order valence-corrected chi connectivity index (χ2v) is 5.28. The maximum atomic E-state index is 6.00. The van der Waals surface area contributed by atoms with Gasteiger partial charge in [0.15, 0.2) is 5.82 Å². The molecule has 0 aliphatic heterocycles. The fraction of sp³-hybridized carbons (Fsp3) is 0.500. The van der Waals surface area contributed by atoms with Crippen molar-refractivity contribution in [2.45, 2.75) is 38.6 Å². The molecule has 1 aliphatic rings. The minimum atomic E-state index is 0.695. The van der Waals surface area contributed by atoms with E-state index in [-0.39, 0.29) is 0 Å². The molecule has 100 valence electrons. The Labute approximate surface area is 112 Å². The summed E-state index contributed by atoms with van der Waals surface area (Å²) in [5.41, 5.74) is 7.65. The van der Waals surface area contributed by atoms with Crippen LogP contribution in [0.25, 0.3) is 11.4 Å². The van der Waals surface area contributed by atoms with E-state index in [0.717, 1.165) is 23.6 Å². The zero-order valence-electron chi connectivity index (χ0n) is 11.0. The van der Waals surface area contributed by atoms with Gasteiger partial charge in [-0.05, 0) is 41.3 Å². The third-order valence-electron chi connectivity index (χ3n) is 3.89. The van der Waals surface area contributed by atoms with Crippen molar-refractivity contribution >= 4 is 5.69 Å². The van der Waals surface area contributed by atoms with Gasteiger partial charge in [0.2, 0.25) is 0 Å². The summed E-state index contributed by atoms with van der Waals surface area (Å²) in [4.78, 5) is 0. The molecule has 0 radical (unpaired) electrons. The van der Waals surface area contributed by atoms with E-state index in [2.05, 4.69) is 15.5 Å². The van der Waals surface area contributed by atoms with Crippen LogP contribution in [-0.2, 0) is 6.54 Å². The van der Waals surface area contributed by atoms with Gasteiger partial charge in [0.1, 0.15) is 0 Å². The van der Waals surface area contributed by atoms with Crippen LogP contribution in [0.15, 0.2) is 24.3 Å². The Balaban J connectivity index is 1.84. The Morgan fingerprint density at radius 3 is 2.74 bits per heavy atom. The first-order chi connectivity index (χ1) is 9.34. The van der Waals surface area contributed by atoms with E-state index in [1.54, 1.807) is 0 Å². The lowest BCUT2D eigenvalue weighted by molar-refractivity contribution is 0.307. The van der Waals surface area contributed by atoms with E-state index in [0.29, 0.717) is 5.92 Å². The number of benzene rings is 1. The first kappa shape index (κ1) is 12.1. The smallest absolute Gasteiger partial charge is 0.184 e. The summed E-state index contributed by atoms with van der Waals surface area (Å²) in [5, 5.41) is 12.1.